The molecular formula is C12H15N3O. The molecule has 2 rings (SSSR count). The van der Waals surface area contributed by atoms with Gasteiger partial charge in [0.15, 0.2) is 0 Å². The van der Waals surface area contributed by atoms with Crippen LogP contribution in [0, 0.1) is 18.3 Å². The van der Waals surface area contributed by atoms with Gasteiger partial charge in [-0.25, -0.2) is 4.52 Å². The Kier molecular flexibility index (Phi) is 3.90. The lowest BCUT2D eigenvalue weighted by Gasteiger charge is -2.04. The molecule has 0 atom stereocenters. The Labute approximate surface area is 95.1 Å². The predicted octanol–water partition coefficient (Wildman–Crippen LogP) is 2.55. The van der Waals surface area contributed by atoms with E-state index >= 15 is 0 Å². The van der Waals surface area contributed by atoms with Crippen molar-refractivity contribution in [2.75, 3.05) is 7.11 Å². The van der Waals surface area contributed by atoms with Crippen molar-refractivity contribution in [2.24, 2.45) is 0 Å². The number of nitrogens with zero attached hydrogens (tertiary/aromatic N) is 3. The van der Waals surface area contributed by atoms with E-state index in [0.29, 0.717) is 11.3 Å². The first kappa shape index (κ1) is 12.1. The Morgan fingerprint density at radius 1 is 1.44 bits per heavy atom. The summed E-state index contributed by atoms with van der Waals surface area (Å²) in [7, 11) is 1.59. The van der Waals surface area contributed by atoms with Gasteiger partial charge < -0.3 is 4.74 Å². The van der Waals surface area contributed by atoms with Crippen LogP contribution in [0.15, 0.2) is 18.5 Å². The molecule has 0 unspecified atom stereocenters. The fourth-order valence-corrected chi connectivity index (χ4v) is 1.45. The van der Waals surface area contributed by atoms with Crippen LogP contribution in [0.1, 0.15) is 25.0 Å². The third-order valence-electron chi connectivity index (χ3n) is 2.05. The molecule has 0 aliphatic rings. The van der Waals surface area contributed by atoms with Gasteiger partial charge in [-0.15, -0.1) is 0 Å². The van der Waals surface area contributed by atoms with E-state index in [1.54, 1.807) is 11.6 Å². The lowest BCUT2D eigenvalue weighted by atomic mass is 10.2. The highest BCUT2D eigenvalue weighted by molar-refractivity contribution is 5.69. The standard InChI is InChI=1S/C10H9N3O.C2H6/c1-7-3-9(14-2)10-8(4-11)5-12-13(10)6-7;1-2/h3,5-6H,1-2H3;1-2H3. The van der Waals surface area contributed by atoms with Crippen LogP contribution in [0.4, 0.5) is 0 Å². The summed E-state index contributed by atoms with van der Waals surface area (Å²) in [6.45, 7) is 5.95. The summed E-state index contributed by atoms with van der Waals surface area (Å²) in [5.41, 5.74) is 2.30. The quantitative estimate of drug-likeness (QED) is 0.737. The Balaban J connectivity index is 0.000000606. The van der Waals surface area contributed by atoms with Gasteiger partial charge in [-0.2, -0.15) is 10.4 Å². The van der Waals surface area contributed by atoms with Crippen LogP contribution in [0.5, 0.6) is 5.75 Å². The highest BCUT2D eigenvalue weighted by atomic mass is 16.5. The lowest BCUT2D eigenvalue weighted by Crippen LogP contribution is -1.93. The molecule has 4 heteroatoms. The molecule has 0 saturated heterocycles. The van der Waals surface area contributed by atoms with Crippen molar-refractivity contribution in [3.8, 4) is 11.8 Å². The van der Waals surface area contributed by atoms with Gasteiger partial charge in [-0.3, -0.25) is 0 Å². The molecule has 2 heterocycles. The minimum Gasteiger partial charge on any atom is -0.494 e. The summed E-state index contributed by atoms with van der Waals surface area (Å²) in [5.74, 6) is 0.680. The van der Waals surface area contributed by atoms with Gasteiger partial charge in [0.05, 0.1) is 13.3 Å². The molecule has 84 valence electrons. The van der Waals surface area contributed by atoms with Crippen LogP contribution in [0.2, 0.25) is 0 Å². The number of rotatable bonds is 1. The minimum absolute atomic E-state index is 0.529. The lowest BCUT2D eigenvalue weighted by molar-refractivity contribution is 0.417. The van der Waals surface area contributed by atoms with Crippen LogP contribution < -0.4 is 4.74 Å². The number of ether oxygens (including phenoxy) is 1. The molecule has 16 heavy (non-hydrogen) atoms. The van der Waals surface area contributed by atoms with Gasteiger partial charge in [0, 0.05) is 6.20 Å². The van der Waals surface area contributed by atoms with E-state index in [-0.39, 0.29) is 0 Å². The van der Waals surface area contributed by atoms with E-state index in [2.05, 4.69) is 11.2 Å². The van der Waals surface area contributed by atoms with E-state index in [0.717, 1.165) is 11.1 Å². The zero-order valence-electron chi connectivity index (χ0n) is 9.98. The van der Waals surface area contributed by atoms with Crippen molar-refractivity contribution in [1.82, 2.24) is 9.61 Å². The SMILES string of the molecule is CC.COc1cc(C)cn2ncc(C#N)c12. The molecule has 0 spiro atoms. The van der Waals surface area contributed by atoms with Gasteiger partial charge in [0.2, 0.25) is 0 Å². The average molecular weight is 217 g/mol. The Bertz CT molecular complexity index is 523. The first-order valence-corrected chi connectivity index (χ1v) is 5.18. The van der Waals surface area contributed by atoms with Crippen molar-refractivity contribution in [3.63, 3.8) is 0 Å². The van der Waals surface area contributed by atoms with E-state index in [1.165, 1.54) is 6.20 Å². The van der Waals surface area contributed by atoms with Crippen molar-refractivity contribution in [3.05, 3.63) is 29.6 Å². The second kappa shape index (κ2) is 5.17. The second-order valence-corrected chi connectivity index (χ2v) is 3.05. The van der Waals surface area contributed by atoms with Crippen molar-refractivity contribution in [2.45, 2.75) is 20.8 Å². The van der Waals surface area contributed by atoms with Gasteiger partial charge >= 0.3 is 0 Å². The molecule has 0 aromatic carbocycles. The monoisotopic (exact) mass is 217 g/mol. The first-order chi connectivity index (χ1) is 7.76. The molecule has 2 aromatic rings. The second-order valence-electron chi connectivity index (χ2n) is 3.05. The molecule has 2 aromatic heterocycles. The summed E-state index contributed by atoms with van der Waals surface area (Å²) in [6.07, 6.45) is 3.40. The maximum atomic E-state index is 8.85. The third-order valence-corrected chi connectivity index (χ3v) is 2.05. The predicted molar refractivity (Wildman–Crippen MR) is 62.5 cm³/mol. The molecule has 0 aliphatic heterocycles. The zero-order chi connectivity index (χ0) is 12.1. The highest BCUT2D eigenvalue weighted by Gasteiger charge is 2.09. The maximum absolute atomic E-state index is 8.85. The van der Waals surface area contributed by atoms with E-state index in [1.807, 2.05) is 33.0 Å². The van der Waals surface area contributed by atoms with Crippen LogP contribution in [0.25, 0.3) is 5.52 Å². The number of aromatic nitrogens is 2. The molecule has 0 N–H and O–H groups in total. The summed E-state index contributed by atoms with van der Waals surface area (Å²) < 4.78 is 6.86. The van der Waals surface area contributed by atoms with Crippen LogP contribution in [0.3, 0.4) is 0 Å². The molecule has 0 amide bonds. The topological polar surface area (TPSA) is 50.3 Å². The number of fused-ring (bicyclic) bond motifs is 1. The number of pyridine rings is 1. The summed E-state index contributed by atoms with van der Waals surface area (Å²) in [5, 5.41) is 12.9. The van der Waals surface area contributed by atoms with Crippen LogP contribution >= 0.6 is 0 Å². The Hall–Kier alpha value is -2.02. The number of hydrogen-bond acceptors (Lipinski definition) is 3. The number of methoxy groups -OCH3 is 1. The summed E-state index contributed by atoms with van der Waals surface area (Å²) >= 11 is 0. The van der Waals surface area contributed by atoms with Crippen molar-refractivity contribution < 1.29 is 4.74 Å². The Morgan fingerprint density at radius 2 is 2.12 bits per heavy atom. The highest BCUT2D eigenvalue weighted by Crippen LogP contribution is 2.23. The molecule has 4 nitrogen and oxygen atoms in total. The average Bonchev–Trinajstić information content (AvgIpc) is 2.73. The molecule has 0 bridgehead atoms. The van der Waals surface area contributed by atoms with Gasteiger partial charge in [0.1, 0.15) is 22.9 Å². The zero-order valence-corrected chi connectivity index (χ0v) is 9.98. The largest absolute Gasteiger partial charge is 0.494 e. The molecular weight excluding hydrogens is 202 g/mol. The number of aryl methyl sites for hydroxylation is 1. The smallest absolute Gasteiger partial charge is 0.146 e. The fraction of sp³-hybridized carbons (Fsp3) is 0.333. The van der Waals surface area contributed by atoms with Crippen LogP contribution in [-0.4, -0.2) is 16.7 Å². The number of nitriles is 1. The fourth-order valence-electron chi connectivity index (χ4n) is 1.45. The van der Waals surface area contributed by atoms with Gasteiger partial charge in [-0.1, -0.05) is 13.8 Å². The number of hydrogen-bond donors (Lipinski definition) is 0. The summed E-state index contributed by atoms with van der Waals surface area (Å²) in [4.78, 5) is 0. The first-order valence-electron chi connectivity index (χ1n) is 5.18. The summed E-state index contributed by atoms with van der Waals surface area (Å²) in [6, 6.07) is 3.97. The maximum Gasteiger partial charge on any atom is 0.146 e. The Morgan fingerprint density at radius 3 is 2.69 bits per heavy atom. The molecule has 0 aliphatic carbocycles. The normalized spacial score (nSPS) is 9.19. The third kappa shape index (κ3) is 1.98. The molecule has 0 radical (unpaired) electrons. The van der Waals surface area contributed by atoms with Crippen molar-refractivity contribution in [1.29, 1.82) is 5.26 Å². The van der Waals surface area contributed by atoms with E-state index in [4.69, 9.17) is 10.00 Å². The van der Waals surface area contributed by atoms with Crippen molar-refractivity contribution >= 4 is 5.52 Å². The van der Waals surface area contributed by atoms with E-state index in [9.17, 15) is 0 Å². The van der Waals surface area contributed by atoms with Gasteiger partial charge in [-0.05, 0) is 18.6 Å². The van der Waals surface area contributed by atoms with Gasteiger partial charge in [0.25, 0.3) is 0 Å². The van der Waals surface area contributed by atoms with E-state index < -0.39 is 0 Å². The minimum atomic E-state index is 0.529. The molecule has 0 fully saturated rings. The van der Waals surface area contributed by atoms with Crippen LogP contribution in [-0.2, 0) is 0 Å². The molecule has 0 saturated carbocycles.